The molecule has 1 heterocycles. The van der Waals surface area contributed by atoms with Crippen molar-refractivity contribution in [2.24, 2.45) is 0 Å². The molecule has 3 nitrogen and oxygen atoms in total. The number of aryl methyl sites for hydroxylation is 2. The summed E-state index contributed by atoms with van der Waals surface area (Å²) in [4.78, 5) is 5.07. The van der Waals surface area contributed by atoms with Gasteiger partial charge in [-0.15, -0.1) is 0 Å². The van der Waals surface area contributed by atoms with Gasteiger partial charge in [-0.2, -0.15) is 0 Å². The average molecular weight is 916 g/mol. The molecule has 4 aliphatic rings. The molecule has 0 aliphatic heterocycles. The van der Waals surface area contributed by atoms with Gasteiger partial charge < -0.3 is 9.47 Å². The van der Waals surface area contributed by atoms with Gasteiger partial charge in [-0.25, -0.2) is 0 Å². The van der Waals surface area contributed by atoms with Gasteiger partial charge in [0.05, 0.1) is 29.7 Å². The zero-order valence-corrected chi connectivity index (χ0v) is 41.6. The number of benzene rings is 7. The van der Waals surface area contributed by atoms with Crippen LogP contribution in [0, 0.1) is 13.8 Å². The van der Waals surface area contributed by atoms with Gasteiger partial charge >= 0.3 is 0 Å². The maximum Gasteiger partial charge on any atom is 0.119 e. The lowest BCUT2D eigenvalue weighted by Gasteiger charge is -2.31. The maximum absolute atomic E-state index is 6.60. The molecule has 0 amide bonds. The van der Waals surface area contributed by atoms with Crippen LogP contribution in [0.4, 0.5) is 0 Å². The number of fused-ring (bicyclic) bond motifs is 20. The minimum absolute atomic E-state index is 0.467. The van der Waals surface area contributed by atoms with Gasteiger partial charge in [0.2, 0.25) is 0 Å². The van der Waals surface area contributed by atoms with E-state index in [2.05, 4.69) is 173 Å². The van der Waals surface area contributed by atoms with E-state index < -0.39 is 10.8 Å². The van der Waals surface area contributed by atoms with Crippen LogP contribution in [0.2, 0.25) is 0 Å². The Bertz CT molecular complexity index is 3190. The summed E-state index contributed by atoms with van der Waals surface area (Å²) >= 11 is 0. The average Bonchev–Trinajstić information content (AvgIpc) is 4.05. The number of ether oxygens (including phenoxy) is 2. The van der Waals surface area contributed by atoms with Crippen molar-refractivity contribution in [3.05, 3.63) is 207 Å². The molecule has 0 saturated heterocycles. The fourth-order valence-electron chi connectivity index (χ4n) is 13.1. The fraction of sp³-hybridized carbons (Fsp3) is 0.299. The Hall–Kier alpha value is -6.71. The molecule has 70 heavy (non-hydrogen) atoms. The summed E-state index contributed by atoms with van der Waals surface area (Å²) in [5, 5.41) is 0. The minimum atomic E-state index is -0.520. The van der Waals surface area contributed by atoms with Crippen LogP contribution in [0.3, 0.4) is 0 Å². The highest BCUT2D eigenvalue weighted by molar-refractivity contribution is 5.98. The minimum Gasteiger partial charge on any atom is -0.494 e. The lowest BCUT2D eigenvalue weighted by Crippen LogP contribution is -2.26. The molecule has 0 bridgehead atoms. The summed E-state index contributed by atoms with van der Waals surface area (Å²) < 4.78 is 13.2. The van der Waals surface area contributed by atoms with E-state index in [1.807, 2.05) is 6.20 Å². The predicted octanol–water partition coefficient (Wildman–Crippen LogP) is 17.5. The van der Waals surface area contributed by atoms with E-state index in [0.717, 1.165) is 43.2 Å². The summed E-state index contributed by atoms with van der Waals surface area (Å²) in [5.74, 6) is 1.89. The van der Waals surface area contributed by atoms with Crippen molar-refractivity contribution in [3.63, 3.8) is 0 Å². The van der Waals surface area contributed by atoms with E-state index in [-0.39, 0.29) is 0 Å². The summed E-state index contributed by atoms with van der Waals surface area (Å²) in [5.41, 5.74) is 24.6. The monoisotopic (exact) mass is 916 g/mol. The number of pyridine rings is 1. The molecule has 0 radical (unpaired) electrons. The molecule has 7 aromatic carbocycles. The summed E-state index contributed by atoms with van der Waals surface area (Å²) in [6.07, 6.45) is 16.9. The molecule has 2 spiro atoms. The zero-order chi connectivity index (χ0) is 47.4. The van der Waals surface area contributed by atoms with Crippen LogP contribution < -0.4 is 9.47 Å². The third kappa shape index (κ3) is 6.93. The molecule has 0 fully saturated rings. The van der Waals surface area contributed by atoms with E-state index in [0.29, 0.717) is 0 Å². The van der Waals surface area contributed by atoms with Crippen molar-refractivity contribution in [1.29, 1.82) is 0 Å². The second-order valence-corrected chi connectivity index (χ2v) is 20.7. The highest BCUT2D eigenvalue weighted by atomic mass is 16.5. The quantitative estimate of drug-likeness (QED) is 0.0853. The van der Waals surface area contributed by atoms with Gasteiger partial charge in [-0.05, 0) is 158 Å². The Balaban J connectivity index is 0.993. The molecule has 1 aromatic heterocycles. The number of nitrogens with zero attached hydrogens (tertiary/aromatic N) is 1. The normalized spacial score (nSPS) is 15.5. The van der Waals surface area contributed by atoms with Crippen molar-refractivity contribution in [1.82, 2.24) is 4.98 Å². The lowest BCUT2D eigenvalue weighted by molar-refractivity contribution is 0.304. The molecule has 350 valence electrons. The Labute approximate surface area is 416 Å². The maximum atomic E-state index is 6.60. The summed E-state index contributed by atoms with van der Waals surface area (Å²) in [6.45, 7) is 10.5. The summed E-state index contributed by atoms with van der Waals surface area (Å²) in [7, 11) is 0. The highest BCUT2D eigenvalue weighted by Crippen LogP contribution is 2.65. The fourth-order valence-corrected chi connectivity index (χ4v) is 13.1. The number of unbranched alkanes of at least 4 members (excludes halogenated alkanes) is 10. The van der Waals surface area contributed by atoms with Crippen LogP contribution in [0.5, 0.6) is 11.5 Å². The second kappa shape index (κ2) is 18.2. The first-order chi connectivity index (χ1) is 34.5. The molecule has 0 saturated carbocycles. The standard InChI is InChI=1S/C67H65NO2/c1-5-7-9-11-13-17-36-69-48-27-33-58-55(42-48)56-43-49(70-37-18-14-12-10-8-6-2)28-34-59(56)66(58)61-38-44(3)23-29-50(61)52-31-25-46(40-63(52)66)47-26-32-53-51-30-24-45(4)39-62(51)67(64(53)41-47)57-21-16-15-20-54(57)65-60(67)22-19-35-68-65/h15-16,19-35,38-43H,5-14,17-18,36-37H2,1-4H3. The Morgan fingerprint density at radius 3 is 1.34 bits per heavy atom. The first-order valence-electron chi connectivity index (χ1n) is 26.6. The van der Waals surface area contributed by atoms with Crippen LogP contribution >= 0.6 is 0 Å². The molecule has 8 aromatic rings. The van der Waals surface area contributed by atoms with Crippen molar-refractivity contribution in [2.75, 3.05) is 13.2 Å². The van der Waals surface area contributed by atoms with Crippen molar-refractivity contribution in [3.8, 4) is 67.3 Å². The molecular formula is C67H65NO2. The first kappa shape index (κ1) is 44.5. The summed E-state index contributed by atoms with van der Waals surface area (Å²) in [6, 6.07) is 56.1. The molecule has 3 heteroatoms. The van der Waals surface area contributed by atoms with Gasteiger partial charge in [-0.3, -0.25) is 4.98 Å². The number of aromatic nitrogens is 1. The topological polar surface area (TPSA) is 31.4 Å². The van der Waals surface area contributed by atoms with Gasteiger partial charge in [0.1, 0.15) is 11.5 Å². The Morgan fingerprint density at radius 2 is 0.800 bits per heavy atom. The molecular weight excluding hydrogens is 851 g/mol. The van der Waals surface area contributed by atoms with E-state index in [4.69, 9.17) is 14.5 Å². The third-order valence-corrected chi connectivity index (χ3v) is 16.3. The third-order valence-electron chi connectivity index (χ3n) is 16.3. The van der Waals surface area contributed by atoms with Gasteiger partial charge in [0, 0.05) is 11.8 Å². The van der Waals surface area contributed by atoms with Crippen molar-refractivity contribution in [2.45, 2.75) is 116 Å². The van der Waals surface area contributed by atoms with E-state index in [1.165, 1.54) is 170 Å². The largest absolute Gasteiger partial charge is 0.494 e. The number of hydrogen-bond donors (Lipinski definition) is 0. The Kier molecular flexibility index (Phi) is 11.6. The second-order valence-electron chi connectivity index (χ2n) is 20.7. The Morgan fingerprint density at radius 1 is 0.357 bits per heavy atom. The predicted molar refractivity (Wildman–Crippen MR) is 289 cm³/mol. The molecule has 12 rings (SSSR count). The van der Waals surface area contributed by atoms with E-state index >= 15 is 0 Å². The van der Waals surface area contributed by atoms with Crippen LogP contribution in [-0.2, 0) is 10.8 Å². The zero-order valence-electron chi connectivity index (χ0n) is 41.6. The van der Waals surface area contributed by atoms with Crippen LogP contribution in [0.25, 0.3) is 55.8 Å². The molecule has 1 atom stereocenters. The first-order valence-corrected chi connectivity index (χ1v) is 26.6. The van der Waals surface area contributed by atoms with Crippen LogP contribution in [-0.4, -0.2) is 18.2 Å². The molecule has 0 N–H and O–H groups in total. The van der Waals surface area contributed by atoms with Crippen LogP contribution in [0.15, 0.2) is 152 Å². The number of hydrogen-bond acceptors (Lipinski definition) is 3. The van der Waals surface area contributed by atoms with Crippen molar-refractivity contribution < 1.29 is 9.47 Å². The molecule has 1 unspecified atom stereocenters. The van der Waals surface area contributed by atoms with Crippen LogP contribution in [0.1, 0.15) is 147 Å². The SMILES string of the molecule is CCCCCCCCOc1ccc2c(c1)-c1cc(OCCCCCCCC)ccc1C21c2cc(C)ccc2-c2ccc(-c3ccc4c(c3)C3(c5cc(C)ccc5-4)c4ccccc4-c4ncccc43)cc21. The van der Waals surface area contributed by atoms with Gasteiger partial charge in [0.15, 0.2) is 0 Å². The number of rotatable bonds is 17. The van der Waals surface area contributed by atoms with Gasteiger partial charge in [0.25, 0.3) is 0 Å². The van der Waals surface area contributed by atoms with Gasteiger partial charge in [-0.1, -0.05) is 192 Å². The highest BCUT2D eigenvalue weighted by Gasteiger charge is 2.54. The lowest BCUT2D eigenvalue weighted by atomic mass is 9.69. The molecule has 4 aliphatic carbocycles. The van der Waals surface area contributed by atoms with Crippen molar-refractivity contribution >= 4 is 0 Å². The van der Waals surface area contributed by atoms with E-state index in [1.54, 1.807) is 0 Å². The van der Waals surface area contributed by atoms with E-state index in [9.17, 15) is 0 Å². The smallest absolute Gasteiger partial charge is 0.119 e.